The molecule has 0 unspecified atom stereocenters. The van der Waals surface area contributed by atoms with E-state index < -0.39 is 0 Å². The molecule has 1 amide bonds. The van der Waals surface area contributed by atoms with E-state index in [4.69, 9.17) is 27.6 Å². The summed E-state index contributed by atoms with van der Waals surface area (Å²) in [6.45, 7) is 2.12. The summed E-state index contributed by atoms with van der Waals surface area (Å²) in [4.78, 5) is 11.8. The van der Waals surface area contributed by atoms with E-state index in [0.717, 1.165) is 0 Å². The first kappa shape index (κ1) is 13.8. The Kier molecular flexibility index (Phi) is 4.39. The van der Waals surface area contributed by atoms with Crippen LogP contribution in [0.5, 0.6) is 0 Å². The SMILES string of the molecule is Cc1nnc(CCNC(=O)c2ccc(Cl)c(Cl)c2)o1. The molecule has 0 spiro atoms. The minimum Gasteiger partial charge on any atom is -0.426 e. The smallest absolute Gasteiger partial charge is 0.251 e. The number of nitrogens with one attached hydrogen (secondary N) is 1. The van der Waals surface area contributed by atoms with Gasteiger partial charge < -0.3 is 9.73 Å². The number of carbonyl (C=O) groups excluding carboxylic acids is 1. The van der Waals surface area contributed by atoms with Crippen molar-refractivity contribution in [2.45, 2.75) is 13.3 Å². The molecular weight excluding hydrogens is 289 g/mol. The average molecular weight is 300 g/mol. The molecule has 1 aromatic heterocycles. The molecule has 0 radical (unpaired) electrons. The van der Waals surface area contributed by atoms with Crippen molar-refractivity contribution >= 4 is 29.1 Å². The van der Waals surface area contributed by atoms with E-state index in [9.17, 15) is 4.79 Å². The predicted octanol–water partition coefficient (Wildman–Crippen LogP) is 2.66. The fraction of sp³-hybridized carbons (Fsp3) is 0.250. The second kappa shape index (κ2) is 6.04. The molecule has 1 aromatic carbocycles. The summed E-state index contributed by atoms with van der Waals surface area (Å²) in [5, 5.41) is 11.0. The normalized spacial score (nSPS) is 10.5. The molecule has 5 nitrogen and oxygen atoms in total. The summed E-state index contributed by atoms with van der Waals surface area (Å²) in [5.41, 5.74) is 0.455. The quantitative estimate of drug-likeness (QED) is 0.942. The maximum atomic E-state index is 11.8. The Morgan fingerprint density at radius 3 is 2.74 bits per heavy atom. The third-order valence-corrected chi connectivity index (χ3v) is 3.11. The van der Waals surface area contributed by atoms with Crippen LogP contribution in [0, 0.1) is 6.92 Å². The van der Waals surface area contributed by atoms with Gasteiger partial charge in [0.25, 0.3) is 5.91 Å². The topological polar surface area (TPSA) is 68.0 Å². The van der Waals surface area contributed by atoms with Crippen LogP contribution in [-0.2, 0) is 6.42 Å². The Hall–Kier alpha value is -1.59. The lowest BCUT2D eigenvalue weighted by molar-refractivity contribution is 0.0953. The summed E-state index contributed by atoms with van der Waals surface area (Å²) in [6.07, 6.45) is 0.480. The van der Waals surface area contributed by atoms with Gasteiger partial charge in [0.05, 0.1) is 10.0 Å². The molecule has 0 atom stereocenters. The maximum absolute atomic E-state index is 11.8. The molecule has 0 aliphatic rings. The molecule has 1 N–H and O–H groups in total. The first-order valence-corrected chi connectivity index (χ1v) is 6.34. The van der Waals surface area contributed by atoms with E-state index in [0.29, 0.717) is 40.4 Å². The van der Waals surface area contributed by atoms with Crippen LogP contribution in [0.15, 0.2) is 22.6 Å². The zero-order valence-corrected chi connectivity index (χ0v) is 11.6. The molecule has 2 aromatic rings. The summed E-state index contributed by atoms with van der Waals surface area (Å²) in [7, 11) is 0. The third kappa shape index (κ3) is 3.68. The van der Waals surface area contributed by atoms with Gasteiger partial charge in [0.15, 0.2) is 0 Å². The number of aryl methyl sites for hydroxylation is 1. The number of hydrogen-bond acceptors (Lipinski definition) is 4. The summed E-state index contributed by atoms with van der Waals surface area (Å²) in [5.74, 6) is 0.771. The highest BCUT2D eigenvalue weighted by atomic mass is 35.5. The van der Waals surface area contributed by atoms with E-state index >= 15 is 0 Å². The van der Waals surface area contributed by atoms with Crippen molar-refractivity contribution in [2.75, 3.05) is 6.54 Å². The van der Waals surface area contributed by atoms with Crippen LogP contribution in [-0.4, -0.2) is 22.6 Å². The van der Waals surface area contributed by atoms with E-state index in [2.05, 4.69) is 15.5 Å². The van der Waals surface area contributed by atoms with Gasteiger partial charge in [-0.2, -0.15) is 0 Å². The van der Waals surface area contributed by atoms with Crippen molar-refractivity contribution in [3.63, 3.8) is 0 Å². The fourth-order valence-electron chi connectivity index (χ4n) is 1.46. The number of halogens is 2. The highest BCUT2D eigenvalue weighted by molar-refractivity contribution is 6.42. The Balaban J connectivity index is 1.89. The largest absolute Gasteiger partial charge is 0.426 e. The Morgan fingerprint density at radius 1 is 1.32 bits per heavy atom. The number of rotatable bonds is 4. The van der Waals surface area contributed by atoms with Crippen LogP contribution in [0.4, 0.5) is 0 Å². The number of benzene rings is 1. The van der Waals surface area contributed by atoms with E-state index in [1.54, 1.807) is 19.1 Å². The van der Waals surface area contributed by atoms with Crippen molar-refractivity contribution in [3.8, 4) is 0 Å². The van der Waals surface area contributed by atoms with Crippen LogP contribution >= 0.6 is 23.2 Å². The number of carbonyl (C=O) groups is 1. The van der Waals surface area contributed by atoms with E-state index in [1.807, 2.05) is 0 Å². The minimum atomic E-state index is -0.227. The summed E-state index contributed by atoms with van der Waals surface area (Å²) < 4.78 is 5.19. The highest BCUT2D eigenvalue weighted by Gasteiger charge is 2.08. The first-order chi connectivity index (χ1) is 9.06. The molecule has 0 fully saturated rings. The van der Waals surface area contributed by atoms with E-state index in [1.165, 1.54) is 6.07 Å². The van der Waals surface area contributed by atoms with Crippen LogP contribution in [0.2, 0.25) is 10.0 Å². The van der Waals surface area contributed by atoms with Gasteiger partial charge >= 0.3 is 0 Å². The van der Waals surface area contributed by atoms with Crippen molar-refractivity contribution in [1.82, 2.24) is 15.5 Å². The Morgan fingerprint density at radius 2 is 2.11 bits per heavy atom. The van der Waals surface area contributed by atoms with Crippen molar-refractivity contribution in [1.29, 1.82) is 0 Å². The fourth-order valence-corrected chi connectivity index (χ4v) is 1.76. The molecule has 0 saturated carbocycles. The molecule has 7 heteroatoms. The average Bonchev–Trinajstić information content (AvgIpc) is 2.78. The second-order valence-electron chi connectivity index (χ2n) is 3.85. The van der Waals surface area contributed by atoms with Gasteiger partial charge in [-0.1, -0.05) is 23.2 Å². The van der Waals surface area contributed by atoms with Crippen LogP contribution < -0.4 is 5.32 Å². The molecule has 0 bridgehead atoms. The predicted molar refractivity (Wildman–Crippen MR) is 71.5 cm³/mol. The van der Waals surface area contributed by atoms with Crippen molar-refractivity contribution < 1.29 is 9.21 Å². The van der Waals surface area contributed by atoms with Gasteiger partial charge in [-0.05, 0) is 18.2 Å². The van der Waals surface area contributed by atoms with Gasteiger partial charge in [0.1, 0.15) is 0 Å². The van der Waals surface area contributed by atoms with Crippen LogP contribution in [0.1, 0.15) is 22.1 Å². The van der Waals surface area contributed by atoms with Gasteiger partial charge in [0, 0.05) is 25.5 Å². The molecule has 0 saturated heterocycles. The lowest BCUT2D eigenvalue weighted by atomic mass is 10.2. The van der Waals surface area contributed by atoms with Crippen LogP contribution in [0.25, 0.3) is 0 Å². The van der Waals surface area contributed by atoms with Gasteiger partial charge in [-0.15, -0.1) is 10.2 Å². The summed E-state index contributed by atoms with van der Waals surface area (Å²) in [6, 6.07) is 4.72. The molecular formula is C12H11Cl2N3O2. The van der Waals surface area contributed by atoms with Crippen LogP contribution in [0.3, 0.4) is 0 Å². The molecule has 2 rings (SSSR count). The number of nitrogens with zero attached hydrogens (tertiary/aromatic N) is 2. The zero-order chi connectivity index (χ0) is 13.8. The van der Waals surface area contributed by atoms with Gasteiger partial charge in [0.2, 0.25) is 11.8 Å². The second-order valence-corrected chi connectivity index (χ2v) is 4.66. The molecule has 0 aliphatic heterocycles. The molecule has 1 heterocycles. The highest BCUT2D eigenvalue weighted by Crippen LogP contribution is 2.22. The summed E-state index contributed by atoms with van der Waals surface area (Å²) >= 11 is 11.6. The zero-order valence-electron chi connectivity index (χ0n) is 10.1. The van der Waals surface area contributed by atoms with E-state index in [-0.39, 0.29) is 5.91 Å². The maximum Gasteiger partial charge on any atom is 0.251 e. The first-order valence-electron chi connectivity index (χ1n) is 5.58. The molecule has 19 heavy (non-hydrogen) atoms. The monoisotopic (exact) mass is 299 g/mol. The number of amides is 1. The van der Waals surface area contributed by atoms with Crippen molar-refractivity contribution in [2.24, 2.45) is 0 Å². The Bertz CT molecular complexity index is 598. The van der Waals surface area contributed by atoms with Gasteiger partial charge in [-0.25, -0.2) is 0 Å². The molecule has 100 valence electrons. The minimum absolute atomic E-state index is 0.227. The standard InChI is InChI=1S/C12H11Cl2N3O2/c1-7-16-17-11(19-7)4-5-15-12(18)8-2-3-9(13)10(14)6-8/h2-3,6H,4-5H2,1H3,(H,15,18). The molecule has 0 aliphatic carbocycles. The lowest BCUT2D eigenvalue weighted by Crippen LogP contribution is -2.25. The lowest BCUT2D eigenvalue weighted by Gasteiger charge is -2.04. The number of aromatic nitrogens is 2. The van der Waals surface area contributed by atoms with Gasteiger partial charge in [-0.3, -0.25) is 4.79 Å². The van der Waals surface area contributed by atoms with Crippen molar-refractivity contribution in [3.05, 3.63) is 45.6 Å². The Labute approximate surface area is 119 Å². The third-order valence-electron chi connectivity index (χ3n) is 2.37. The number of hydrogen-bond donors (Lipinski definition) is 1.